The van der Waals surface area contributed by atoms with Crippen molar-refractivity contribution in [3.05, 3.63) is 40.4 Å². The van der Waals surface area contributed by atoms with Gasteiger partial charge in [-0.25, -0.2) is 4.98 Å². The molecule has 0 unspecified atom stereocenters. The van der Waals surface area contributed by atoms with E-state index >= 15 is 0 Å². The van der Waals surface area contributed by atoms with Gasteiger partial charge in [-0.05, 0) is 26.0 Å². The molecule has 0 atom stereocenters. The average molecular weight is 317 g/mol. The number of rotatable bonds is 6. The van der Waals surface area contributed by atoms with Gasteiger partial charge in [0.2, 0.25) is 0 Å². The number of aliphatic hydroxyl groups is 1. The number of H-pyrrole nitrogens is 1. The van der Waals surface area contributed by atoms with Gasteiger partial charge in [-0.15, -0.1) is 0 Å². The summed E-state index contributed by atoms with van der Waals surface area (Å²) in [5, 5.41) is 10.2. The Labute approximate surface area is 135 Å². The van der Waals surface area contributed by atoms with Crippen LogP contribution in [-0.4, -0.2) is 52.4 Å². The summed E-state index contributed by atoms with van der Waals surface area (Å²) in [5.74, 6) is 0.649. The van der Waals surface area contributed by atoms with E-state index in [1.165, 1.54) is 0 Å². The molecule has 23 heavy (non-hydrogen) atoms. The maximum atomic E-state index is 12.2. The van der Waals surface area contributed by atoms with E-state index in [2.05, 4.69) is 28.7 Å². The van der Waals surface area contributed by atoms with Gasteiger partial charge >= 0.3 is 0 Å². The predicted molar refractivity (Wildman–Crippen MR) is 88.2 cm³/mol. The van der Waals surface area contributed by atoms with Crippen LogP contribution in [0.2, 0.25) is 0 Å². The van der Waals surface area contributed by atoms with E-state index in [1.54, 1.807) is 6.07 Å². The molecule has 6 nitrogen and oxygen atoms in total. The summed E-state index contributed by atoms with van der Waals surface area (Å²) in [6, 6.07) is 7.61. The molecule has 0 bridgehead atoms. The second-order valence-electron chi connectivity index (χ2n) is 6.68. The Morgan fingerprint density at radius 1 is 1.39 bits per heavy atom. The number of aromatic nitrogens is 2. The highest BCUT2D eigenvalue weighted by molar-refractivity contribution is 5.77. The highest BCUT2D eigenvalue weighted by Crippen LogP contribution is 2.29. The minimum Gasteiger partial charge on any atom is -0.396 e. The Morgan fingerprint density at radius 2 is 2.13 bits per heavy atom. The number of aromatic amines is 1. The highest BCUT2D eigenvalue weighted by Gasteiger charge is 2.40. The number of ether oxygens (including phenoxy) is 1. The Morgan fingerprint density at radius 3 is 2.74 bits per heavy atom. The van der Waals surface area contributed by atoms with Crippen LogP contribution in [0.5, 0.6) is 0 Å². The van der Waals surface area contributed by atoms with Gasteiger partial charge in [0, 0.05) is 12.6 Å². The molecule has 1 aliphatic rings. The molecule has 6 heteroatoms. The first-order chi connectivity index (χ1) is 11.0. The zero-order chi connectivity index (χ0) is 16.4. The molecular weight excluding hydrogens is 294 g/mol. The fraction of sp³-hybridized carbons (Fsp3) is 0.529. The second-order valence-corrected chi connectivity index (χ2v) is 6.68. The van der Waals surface area contributed by atoms with Gasteiger partial charge in [-0.1, -0.05) is 12.1 Å². The van der Waals surface area contributed by atoms with Crippen molar-refractivity contribution in [3.63, 3.8) is 0 Å². The van der Waals surface area contributed by atoms with E-state index in [-0.39, 0.29) is 23.6 Å². The number of fused-ring (bicyclic) bond motifs is 1. The second kappa shape index (κ2) is 6.39. The minimum absolute atomic E-state index is 0.109. The summed E-state index contributed by atoms with van der Waals surface area (Å²) in [6.45, 7) is 6.73. The number of hydrogen-bond acceptors (Lipinski definition) is 5. The summed E-state index contributed by atoms with van der Waals surface area (Å²) >= 11 is 0. The van der Waals surface area contributed by atoms with Gasteiger partial charge in [-0.3, -0.25) is 9.69 Å². The van der Waals surface area contributed by atoms with Crippen molar-refractivity contribution in [2.45, 2.75) is 26.4 Å². The van der Waals surface area contributed by atoms with E-state index in [1.807, 2.05) is 18.2 Å². The van der Waals surface area contributed by atoms with Crippen LogP contribution in [-0.2, 0) is 11.3 Å². The Bertz CT molecular complexity index is 732. The molecule has 1 aromatic carbocycles. The third-order valence-corrected chi connectivity index (χ3v) is 4.44. The van der Waals surface area contributed by atoms with Gasteiger partial charge in [0.1, 0.15) is 5.82 Å². The van der Waals surface area contributed by atoms with Crippen molar-refractivity contribution in [3.8, 4) is 0 Å². The lowest BCUT2D eigenvalue weighted by molar-refractivity contribution is -0.151. The molecule has 1 fully saturated rings. The van der Waals surface area contributed by atoms with Crippen molar-refractivity contribution >= 4 is 10.9 Å². The molecule has 0 amide bonds. The first-order valence-corrected chi connectivity index (χ1v) is 7.94. The molecule has 3 rings (SSSR count). The van der Waals surface area contributed by atoms with Crippen molar-refractivity contribution in [1.29, 1.82) is 0 Å². The molecule has 0 saturated carbocycles. The molecule has 124 valence electrons. The van der Waals surface area contributed by atoms with Gasteiger partial charge in [-0.2, -0.15) is 0 Å². The predicted octanol–water partition coefficient (Wildman–Crippen LogP) is 1.14. The van der Waals surface area contributed by atoms with Crippen LogP contribution in [0.4, 0.5) is 0 Å². The number of hydrogen-bond donors (Lipinski definition) is 2. The molecular formula is C17H23N3O3. The average Bonchev–Trinajstić information content (AvgIpc) is 2.49. The highest BCUT2D eigenvalue weighted by atomic mass is 16.5. The molecule has 2 N–H and O–H groups in total. The monoisotopic (exact) mass is 317 g/mol. The molecule has 1 aliphatic heterocycles. The van der Waals surface area contributed by atoms with Crippen LogP contribution in [0, 0.1) is 5.41 Å². The Kier molecular flexibility index (Phi) is 4.48. The third kappa shape index (κ3) is 3.29. The molecule has 0 radical (unpaired) electrons. The van der Waals surface area contributed by atoms with Crippen LogP contribution in [0.1, 0.15) is 19.7 Å². The zero-order valence-electron chi connectivity index (χ0n) is 13.6. The lowest BCUT2D eigenvalue weighted by Crippen LogP contribution is -2.54. The van der Waals surface area contributed by atoms with Crippen LogP contribution < -0.4 is 5.56 Å². The Hall–Kier alpha value is -1.76. The number of nitrogens with zero attached hydrogens (tertiary/aromatic N) is 2. The first kappa shape index (κ1) is 16.1. The van der Waals surface area contributed by atoms with Crippen molar-refractivity contribution in [1.82, 2.24) is 14.9 Å². The lowest BCUT2D eigenvalue weighted by atomic mass is 9.86. The quantitative estimate of drug-likeness (QED) is 0.835. The van der Waals surface area contributed by atoms with E-state index in [0.717, 1.165) is 6.54 Å². The SMILES string of the molecule is CC(C)N(Cc1nc2ccccc2c(=O)[nH]1)CC1(CO)COC1. The summed E-state index contributed by atoms with van der Waals surface area (Å²) in [5.41, 5.74) is 0.401. The van der Waals surface area contributed by atoms with Crippen molar-refractivity contribution in [2.24, 2.45) is 5.41 Å². The number of benzene rings is 1. The summed E-state index contributed by atoms with van der Waals surface area (Å²) < 4.78 is 5.28. The smallest absolute Gasteiger partial charge is 0.258 e. The Balaban J connectivity index is 1.84. The topological polar surface area (TPSA) is 78.5 Å². The maximum absolute atomic E-state index is 12.2. The summed E-state index contributed by atoms with van der Waals surface area (Å²) in [7, 11) is 0. The molecule has 2 heterocycles. The van der Waals surface area contributed by atoms with Gasteiger partial charge in [0.15, 0.2) is 0 Å². The van der Waals surface area contributed by atoms with Crippen molar-refractivity contribution < 1.29 is 9.84 Å². The van der Waals surface area contributed by atoms with Crippen LogP contribution in [0.25, 0.3) is 10.9 Å². The van der Waals surface area contributed by atoms with E-state index in [9.17, 15) is 9.90 Å². The van der Waals surface area contributed by atoms with Gasteiger partial charge < -0.3 is 14.8 Å². The summed E-state index contributed by atoms with van der Waals surface area (Å²) in [4.78, 5) is 21.8. The molecule has 1 saturated heterocycles. The number of nitrogens with one attached hydrogen (secondary N) is 1. The molecule has 1 aromatic heterocycles. The molecule has 0 spiro atoms. The van der Waals surface area contributed by atoms with E-state index < -0.39 is 0 Å². The van der Waals surface area contributed by atoms with Crippen LogP contribution in [0.3, 0.4) is 0 Å². The zero-order valence-corrected chi connectivity index (χ0v) is 13.6. The first-order valence-electron chi connectivity index (χ1n) is 7.94. The summed E-state index contributed by atoms with van der Waals surface area (Å²) in [6.07, 6.45) is 0. The van der Waals surface area contributed by atoms with Gasteiger partial charge in [0.25, 0.3) is 5.56 Å². The molecule has 0 aliphatic carbocycles. The largest absolute Gasteiger partial charge is 0.396 e. The fourth-order valence-corrected chi connectivity index (χ4v) is 2.88. The van der Waals surface area contributed by atoms with E-state index in [4.69, 9.17) is 4.74 Å². The van der Waals surface area contributed by atoms with Crippen LogP contribution in [0.15, 0.2) is 29.1 Å². The minimum atomic E-state index is -0.193. The number of aliphatic hydroxyl groups excluding tert-OH is 1. The third-order valence-electron chi connectivity index (χ3n) is 4.44. The van der Waals surface area contributed by atoms with Crippen molar-refractivity contribution in [2.75, 3.05) is 26.4 Å². The number of para-hydroxylation sites is 1. The molecule has 2 aromatic rings. The fourth-order valence-electron chi connectivity index (χ4n) is 2.88. The standard InChI is InChI=1S/C17H23N3O3/c1-12(2)20(8-17(9-21)10-23-11-17)7-15-18-14-6-4-3-5-13(14)16(22)19-15/h3-6,12,21H,7-11H2,1-2H3,(H,18,19,22). The normalized spacial score (nSPS) is 16.9. The van der Waals surface area contributed by atoms with Gasteiger partial charge in [0.05, 0.1) is 42.7 Å². The van der Waals surface area contributed by atoms with E-state index in [0.29, 0.717) is 36.5 Å². The van der Waals surface area contributed by atoms with Crippen LogP contribution >= 0.6 is 0 Å². The maximum Gasteiger partial charge on any atom is 0.258 e. The lowest BCUT2D eigenvalue weighted by Gasteiger charge is -2.44.